The molecule has 0 radical (unpaired) electrons. The molecular weight excluding hydrogens is 328 g/mol. The van der Waals surface area contributed by atoms with E-state index in [9.17, 15) is 9.59 Å². The summed E-state index contributed by atoms with van der Waals surface area (Å²) in [7, 11) is 1.47. The van der Waals surface area contributed by atoms with Gasteiger partial charge in [-0.05, 0) is 5.56 Å². The fourth-order valence-electron chi connectivity index (χ4n) is 3.41. The van der Waals surface area contributed by atoms with Gasteiger partial charge in [0.2, 0.25) is 0 Å². The number of methoxy groups -OCH3 is 1. The van der Waals surface area contributed by atoms with Crippen LogP contribution in [-0.2, 0) is 33.3 Å². The van der Waals surface area contributed by atoms with Crippen LogP contribution in [0.15, 0.2) is 30.3 Å². The molecule has 0 aliphatic carbocycles. The second kappa shape index (κ2) is 7.51. The van der Waals surface area contributed by atoms with Crippen molar-refractivity contribution in [1.82, 2.24) is 0 Å². The van der Waals surface area contributed by atoms with Gasteiger partial charge in [-0.3, -0.25) is 9.59 Å². The van der Waals surface area contributed by atoms with E-state index in [0.29, 0.717) is 6.42 Å². The highest BCUT2D eigenvalue weighted by atomic mass is 16.7. The fourth-order valence-corrected chi connectivity index (χ4v) is 3.41. The zero-order valence-corrected chi connectivity index (χ0v) is 14.4. The van der Waals surface area contributed by atoms with Gasteiger partial charge in [-0.15, -0.1) is 0 Å². The summed E-state index contributed by atoms with van der Waals surface area (Å²) >= 11 is 0. The average Bonchev–Trinajstić information content (AvgIpc) is 2.92. The maximum absolute atomic E-state index is 11.5. The van der Waals surface area contributed by atoms with E-state index in [1.165, 1.54) is 21.0 Å². The Hall–Kier alpha value is -1.96. The van der Waals surface area contributed by atoms with Crippen molar-refractivity contribution in [3.05, 3.63) is 35.9 Å². The van der Waals surface area contributed by atoms with E-state index in [-0.39, 0.29) is 6.10 Å². The van der Waals surface area contributed by atoms with E-state index < -0.39 is 42.6 Å². The van der Waals surface area contributed by atoms with Crippen LogP contribution in [0.4, 0.5) is 0 Å². The zero-order valence-electron chi connectivity index (χ0n) is 14.4. The number of ether oxygens (including phenoxy) is 5. The minimum Gasteiger partial charge on any atom is -0.460 e. The van der Waals surface area contributed by atoms with Crippen molar-refractivity contribution < 1.29 is 33.3 Å². The predicted octanol–water partition coefficient (Wildman–Crippen LogP) is 1.75. The Kier molecular flexibility index (Phi) is 5.36. The molecule has 1 aromatic carbocycles. The van der Waals surface area contributed by atoms with Crippen molar-refractivity contribution in [2.24, 2.45) is 0 Å². The molecule has 2 aliphatic rings. The molecule has 0 saturated carbocycles. The van der Waals surface area contributed by atoms with Crippen molar-refractivity contribution in [1.29, 1.82) is 0 Å². The Morgan fingerprint density at radius 2 is 1.68 bits per heavy atom. The second-order valence-electron chi connectivity index (χ2n) is 6.16. The highest BCUT2D eigenvalue weighted by Gasteiger charge is 2.55. The Morgan fingerprint density at radius 3 is 2.28 bits per heavy atom. The van der Waals surface area contributed by atoms with Gasteiger partial charge in [-0.2, -0.15) is 0 Å². The molecule has 25 heavy (non-hydrogen) atoms. The lowest BCUT2D eigenvalue weighted by atomic mass is 9.92. The molecule has 2 aliphatic heterocycles. The van der Waals surface area contributed by atoms with Crippen molar-refractivity contribution in [2.75, 3.05) is 7.11 Å². The summed E-state index contributed by atoms with van der Waals surface area (Å²) in [6, 6.07) is 9.64. The molecule has 3 rings (SSSR count). The third-order valence-electron chi connectivity index (χ3n) is 4.36. The van der Waals surface area contributed by atoms with E-state index in [2.05, 4.69) is 0 Å². The molecule has 0 spiro atoms. The molecular formula is C18H22O7. The summed E-state index contributed by atoms with van der Waals surface area (Å²) in [6.45, 7) is 2.68. The highest BCUT2D eigenvalue weighted by Crippen LogP contribution is 2.41. The fraction of sp³-hybridized carbons (Fsp3) is 0.556. The number of fused-ring (bicyclic) bond motifs is 1. The zero-order chi connectivity index (χ0) is 18.0. The van der Waals surface area contributed by atoms with E-state index >= 15 is 0 Å². The van der Waals surface area contributed by atoms with Gasteiger partial charge in [-0.25, -0.2) is 0 Å². The van der Waals surface area contributed by atoms with Crippen LogP contribution in [0.25, 0.3) is 0 Å². The van der Waals surface area contributed by atoms with Crippen LogP contribution < -0.4 is 0 Å². The number of rotatable bonds is 4. The minimum absolute atomic E-state index is 0.302. The van der Waals surface area contributed by atoms with Crippen molar-refractivity contribution in [2.45, 2.75) is 57.1 Å². The molecule has 1 aromatic rings. The quantitative estimate of drug-likeness (QED) is 0.765. The molecule has 2 saturated heterocycles. The smallest absolute Gasteiger partial charge is 0.303 e. The summed E-state index contributed by atoms with van der Waals surface area (Å²) < 4.78 is 28.1. The number of benzene rings is 1. The molecule has 2 heterocycles. The van der Waals surface area contributed by atoms with Crippen molar-refractivity contribution in [3.8, 4) is 0 Å². The monoisotopic (exact) mass is 350 g/mol. The number of hydrogen-bond donors (Lipinski definition) is 0. The lowest BCUT2D eigenvalue weighted by Gasteiger charge is -2.38. The highest BCUT2D eigenvalue weighted by molar-refractivity contribution is 5.66. The third-order valence-corrected chi connectivity index (χ3v) is 4.36. The Labute approximate surface area is 146 Å². The first-order valence-corrected chi connectivity index (χ1v) is 8.22. The van der Waals surface area contributed by atoms with Crippen LogP contribution in [0.3, 0.4) is 0 Å². The predicted molar refractivity (Wildman–Crippen MR) is 85.5 cm³/mol. The van der Waals surface area contributed by atoms with E-state index in [1.54, 1.807) is 0 Å². The van der Waals surface area contributed by atoms with E-state index in [1.807, 2.05) is 30.3 Å². The molecule has 6 atom stereocenters. The van der Waals surface area contributed by atoms with Gasteiger partial charge in [0.15, 0.2) is 12.4 Å². The van der Waals surface area contributed by atoms with Crippen LogP contribution in [-0.4, -0.2) is 49.8 Å². The van der Waals surface area contributed by atoms with Crippen LogP contribution in [0.1, 0.15) is 31.9 Å². The molecule has 2 fully saturated rings. The number of esters is 2. The van der Waals surface area contributed by atoms with Gasteiger partial charge in [0.25, 0.3) is 0 Å². The van der Waals surface area contributed by atoms with Crippen LogP contribution >= 0.6 is 0 Å². The first-order valence-electron chi connectivity index (χ1n) is 8.22. The van der Waals surface area contributed by atoms with Gasteiger partial charge in [-0.1, -0.05) is 30.3 Å². The van der Waals surface area contributed by atoms with Gasteiger partial charge < -0.3 is 23.7 Å². The van der Waals surface area contributed by atoms with Gasteiger partial charge in [0.1, 0.15) is 18.3 Å². The maximum atomic E-state index is 11.5. The normalized spacial score (nSPS) is 34.2. The van der Waals surface area contributed by atoms with Gasteiger partial charge in [0.05, 0.1) is 6.10 Å². The van der Waals surface area contributed by atoms with E-state index in [4.69, 9.17) is 23.7 Å². The summed E-state index contributed by atoms with van der Waals surface area (Å²) in [4.78, 5) is 23.0. The van der Waals surface area contributed by atoms with Crippen LogP contribution in [0, 0.1) is 0 Å². The molecule has 0 unspecified atom stereocenters. The summed E-state index contributed by atoms with van der Waals surface area (Å²) in [5.41, 5.74) is 0.959. The van der Waals surface area contributed by atoms with Crippen molar-refractivity contribution >= 4 is 11.9 Å². The summed E-state index contributed by atoms with van der Waals surface area (Å²) in [5, 5.41) is 0. The number of hydrogen-bond acceptors (Lipinski definition) is 7. The maximum Gasteiger partial charge on any atom is 0.303 e. The Morgan fingerprint density at radius 1 is 1.00 bits per heavy atom. The van der Waals surface area contributed by atoms with Crippen molar-refractivity contribution in [3.63, 3.8) is 0 Å². The Bertz CT molecular complexity index is 617. The summed E-state index contributed by atoms with van der Waals surface area (Å²) in [5.74, 6) is -0.850. The molecule has 0 bridgehead atoms. The molecule has 7 heteroatoms. The molecule has 0 N–H and O–H groups in total. The lowest BCUT2D eigenvalue weighted by molar-refractivity contribution is -0.199. The second-order valence-corrected chi connectivity index (χ2v) is 6.16. The lowest BCUT2D eigenvalue weighted by Crippen LogP contribution is -2.49. The molecule has 7 nitrogen and oxygen atoms in total. The van der Waals surface area contributed by atoms with Gasteiger partial charge in [0, 0.05) is 27.4 Å². The first kappa shape index (κ1) is 17.8. The minimum atomic E-state index is -0.772. The molecule has 0 amide bonds. The largest absolute Gasteiger partial charge is 0.460 e. The average molecular weight is 350 g/mol. The SMILES string of the molecule is CO[C@@H]1O[C@H]2[C@@H](O[C@H](c3ccccc3)C[C@H]2OC(C)=O)[C@H]1OC(C)=O. The van der Waals surface area contributed by atoms with Crippen LogP contribution in [0.2, 0.25) is 0 Å². The summed E-state index contributed by atoms with van der Waals surface area (Å²) in [6.07, 6.45) is -3.00. The molecule has 136 valence electrons. The molecule has 0 aromatic heterocycles. The number of carbonyl (C=O) groups is 2. The first-order chi connectivity index (χ1) is 12.0. The Balaban J connectivity index is 1.88. The standard InChI is InChI=1S/C18H22O7/c1-10(19)22-14-9-13(12-7-5-4-6-8-12)24-16-15(14)25-18(21-3)17(16)23-11(2)20/h4-8,13-18H,9H2,1-3H3/t13-,14+,15+,16+,17+,18+/m0/s1. The van der Waals surface area contributed by atoms with Crippen LogP contribution in [0.5, 0.6) is 0 Å². The third kappa shape index (κ3) is 3.84. The number of carbonyl (C=O) groups excluding carboxylic acids is 2. The van der Waals surface area contributed by atoms with Gasteiger partial charge >= 0.3 is 11.9 Å². The van der Waals surface area contributed by atoms with E-state index in [0.717, 1.165) is 5.56 Å². The topological polar surface area (TPSA) is 80.3 Å².